The molecule has 4 heterocycles. The minimum atomic E-state index is -0.684. The lowest BCUT2D eigenvalue weighted by molar-refractivity contribution is -0.682. The molecular formula is C23H28ClN6O4+. The third kappa shape index (κ3) is 3.48. The van der Waals surface area contributed by atoms with Crippen LogP contribution in [0.5, 0.6) is 5.75 Å². The molecule has 3 aliphatic rings. The van der Waals surface area contributed by atoms with Crippen LogP contribution in [-0.2, 0) is 9.53 Å². The third-order valence-electron chi connectivity index (χ3n) is 6.85. The standard InChI is InChI=1S/C23H28ClN6O4/c1-14-15(2)30-19-20(25-22(30)29(14)16-5-6-18(33-4)17(24)13-16)26(3)23(32)28(21(19)31)8-7-27-9-11-34-12-10-27/h5-6,13,19H,7-12H2,1-4H3/q+1. The van der Waals surface area contributed by atoms with E-state index in [2.05, 4.69) is 4.90 Å². The molecule has 2 aromatic rings. The fourth-order valence-electron chi connectivity index (χ4n) is 4.81. The van der Waals surface area contributed by atoms with Crippen molar-refractivity contribution < 1.29 is 23.6 Å². The molecule has 0 bridgehead atoms. The van der Waals surface area contributed by atoms with E-state index >= 15 is 0 Å². The number of nitrogens with zero attached hydrogens (tertiary/aromatic N) is 6. The van der Waals surface area contributed by atoms with Crippen molar-refractivity contribution in [3.8, 4) is 11.4 Å². The number of amides is 3. The summed E-state index contributed by atoms with van der Waals surface area (Å²) >= 11 is 6.39. The number of urea groups is 1. The molecule has 2 fully saturated rings. The van der Waals surface area contributed by atoms with Crippen LogP contribution in [0.3, 0.4) is 0 Å². The number of likely N-dealkylation sites (N-methyl/N-ethyl adjacent to an activating group) is 1. The van der Waals surface area contributed by atoms with Crippen molar-refractivity contribution in [2.45, 2.75) is 19.9 Å². The zero-order chi connectivity index (χ0) is 24.1. The summed E-state index contributed by atoms with van der Waals surface area (Å²) in [7, 11) is 3.24. The molecule has 11 heteroatoms. The second-order valence-electron chi connectivity index (χ2n) is 8.65. The Kier molecular flexibility index (Phi) is 5.83. The van der Waals surface area contributed by atoms with E-state index in [1.807, 2.05) is 29.0 Å². The molecule has 1 aromatic heterocycles. The van der Waals surface area contributed by atoms with E-state index in [9.17, 15) is 9.59 Å². The highest BCUT2D eigenvalue weighted by Gasteiger charge is 2.54. The number of hydrogen-bond acceptors (Lipinski definition) is 6. The van der Waals surface area contributed by atoms with Gasteiger partial charge in [0.15, 0.2) is 0 Å². The van der Waals surface area contributed by atoms with Gasteiger partial charge in [-0.1, -0.05) is 16.6 Å². The second-order valence-corrected chi connectivity index (χ2v) is 9.06. The smallest absolute Gasteiger partial charge is 0.407 e. The summed E-state index contributed by atoms with van der Waals surface area (Å²) in [6.45, 7) is 7.82. The first kappa shape index (κ1) is 22.8. The van der Waals surface area contributed by atoms with Gasteiger partial charge in [-0.25, -0.2) is 9.36 Å². The molecular weight excluding hydrogens is 460 g/mol. The highest BCUT2D eigenvalue weighted by Crippen LogP contribution is 2.35. The van der Waals surface area contributed by atoms with Crippen LogP contribution in [0.4, 0.5) is 10.7 Å². The van der Waals surface area contributed by atoms with Crippen molar-refractivity contribution in [3.05, 3.63) is 34.6 Å². The van der Waals surface area contributed by atoms with Crippen molar-refractivity contribution >= 4 is 35.3 Å². The molecule has 1 unspecified atom stereocenters. The maximum absolute atomic E-state index is 13.6. The molecule has 0 N–H and O–H groups in total. The molecule has 0 radical (unpaired) electrons. The van der Waals surface area contributed by atoms with Crippen molar-refractivity contribution in [1.82, 2.24) is 19.3 Å². The van der Waals surface area contributed by atoms with Gasteiger partial charge in [-0.3, -0.25) is 19.5 Å². The zero-order valence-corrected chi connectivity index (χ0v) is 20.5. The maximum Gasteiger partial charge on any atom is 0.407 e. The van der Waals surface area contributed by atoms with Crippen LogP contribution in [0.1, 0.15) is 17.4 Å². The first-order chi connectivity index (χ1) is 16.3. The number of rotatable bonds is 5. The predicted octanol–water partition coefficient (Wildman–Crippen LogP) is 1.85. The van der Waals surface area contributed by atoms with Gasteiger partial charge in [0.1, 0.15) is 22.8 Å². The number of methoxy groups -OCH3 is 1. The van der Waals surface area contributed by atoms with Gasteiger partial charge >= 0.3 is 12.0 Å². The molecule has 1 atom stereocenters. The molecule has 3 aliphatic heterocycles. The monoisotopic (exact) mass is 487 g/mol. The van der Waals surface area contributed by atoms with Crippen molar-refractivity contribution in [1.29, 1.82) is 0 Å². The van der Waals surface area contributed by atoms with Crippen LogP contribution in [0.2, 0.25) is 5.02 Å². The van der Waals surface area contributed by atoms with Crippen molar-refractivity contribution in [2.24, 2.45) is 4.99 Å². The van der Waals surface area contributed by atoms with E-state index < -0.39 is 6.04 Å². The van der Waals surface area contributed by atoms with E-state index in [-0.39, 0.29) is 11.9 Å². The average molecular weight is 488 g/mol. The number of aliphatic imine (C=N–C) groups is 1. The molecule has 1 aromatic carbocycles. The summed E-state index contributed by atoms with van der Waals surface area (Å²) in [5, 5.41) is 0.477. The summed E-state index contributed by atoms with van der Waals surface area (Å²) in [5.74, 6) is 1.34. The first-order valence-corrected chi connectivity index (χ1v) is 11.7. The Morgan fingerprint density at radius 1 is 1.21 bits per heavy atom. The van der Waals surface area contributed by atoms with Gasteiger partial charge < -0.3 is 9.47 Å². The Morgan fingerprint density at radius 2 is 1.94 bits per heavy atom. The number of halogens is 1. The number of hydrogen-bond donors (Lipinski definition) is 0. The number of imide groups is 1. The van der Waals surface area contributed by atoms with E-state index in [1.165, 1.54) is 9.80 Å². The predicted molar refractivity (Wildman–Crippen MR) is 125 cm³/mol. The minimum Gasteiger partial charge on any atom is -0.495 e. The molecule has 10 nitrogen and oxygen atoms in total. The summed E-state index contributed by atoms with van der Waals surface area (Å²) in [5.41, 5.74) is 2.63. The minimum absolute atomic E-state index is 0.258. The van der Waals surface area contributed by atoms with Crippen molar-refractivity contribution in [2.75, 3.05) is 53.6 Å². The summed E-state index contributed by atoms with van der Waals surface area (Å²) < 4.78 is 14.5. The van der Waals surface area contributed by atoms with Crippen LogP contribution < -0.4 is 9.30 Å². The normalized spacial score (nSPS) is 20.5. The number of carbonyl (C=O) groups is 2. The average Bonchev–Trinajstić information content (AvgIpc) is 3.33. The summed E-state index contributed by atoms with van der Waals surface area (Å²) in [4.78, 5) is 36.5. The maximum atomic E-state index is 13.6. The van der Waals surface area contributed by atoms with E-state index in [4.69, 9.17) is 26.1 Å². The lowest BCUT2D eigenvalue weighted by atomic mass is 10.1. The summed E-state index contributed by atoms with van der Waals surface area (Å²) in [6.07, 6.45) is 0. The summed E-state index contributed by atoms with van der Waals surface area (Å²) in [6, 6.07) is 4.46. The van der Waals surface area contributed by atoms with Crippen LogP contribution in [-0.4, -0.2) is 90.6 Å². The van der Waals surface area contributed by atoms with E-state index in [0.717, 1.165) is 30.2 Å². The SMILES string of the molecule is COc1ccc(-n2c(C)c(C)[n+]3c2N=C2C3C(=O)N(CCN3CCOCC3)C(=O)N2C)cc1Cl. The Bertz CT molecular complexity index is 1200. The molecule has 0 saturated carbocycles. The Hall–Kier alpha value is -2.95. The number of fused-ring (bicyclic) bond motifs is 3. The van der Waals surface area contributed by atoms with Crippen LogP contribution in [0.15, 0.2) is 23.2 Å². The van der Waals surface area contributed by atoms with Gasteiger partial charge in [0.05, 0.1) is 25.3 Å². The van der Waals surface area contributed by atoms with E-state index in [0.29, 0.717) is 48.9 Å². The van der Waals surface area contributed by atoms with Crippen LogP contribution >= 0.6 is 11.6 Å². The quantitative estimate of drug-likeness (QED) is 0.601. The fraction of sp³-hybridized carbons (Fsp3) is 0.478. The Morgan fingerprint density at radius 3 is 2.62 bits per heavy atom. The van der Waals surface area contributed by atoms with Gasteiger partial charge in [0, 0.05) is 33.2 Å². The number of carbonyl (C=O) groups excluding carboxylic acids is 2. The highest BCUT2D eigenvalue weighted by molar-refractivity contribution is 6.32. The van der Waals surface area contributed by atoms with Gasteiger partial charge in [0.25, 0.3) is 5.91 Å². The topological polar surface area (TPSA) is 83.5 Å². The lowest BCUT2D eigenvalue weighted by Gasteiger charge is -2.35. The Balaban J connectivity index is 1.51. The second kappa shape index (κ2) is 8.68. The largest absolute Gasteiger partial charge is 0.495 e. The molecule has 180 valence electrons. The number of ether oxygens (including phenoxy) is 2. The highest BCUT2D eigenvalue weighted by atomic mass is 35.5. The van der Waals surface area contributed by atoms with Gasteiger partial charge in [-0.15, -0.1) is 0 Å². The lowest BCUT2D eigenvalue weighted by Crippen LogP contribution is -2.64. The molecule has 3 amide bonds. The van der Waals surface area contributed by atoms with Crippen LogP contribution in [0, 0.1) is 13.8 Å². The van der Waals surface area contributed by atoms with Crippen molar-refractivity contribution in [3.63, 3.8) is 0 Å². The number of imidazole rings is 1. The van der Waals surface area contributed by atoms with Gasteiger partial charge in [-0.2, -0.15) is 4.57 Å². The number of benzene rings is 1. The zero-order valence-electron chi connectivity index (χ0n) is 19.7. The van der Waals surface area contributed by atoms with Crippen LogP contribution in [0.25, 0.3) is 5.69 Å². The van der Waals surface area contributed by atoms with Gasteiger partial charge in [-0.05, 0) is 32.0 Å². The van der Waals surface area contributed by atoms with E-state index in [1.54, 1.807) is 26.3 Å². The molecule has 5 rings (SSSR count). The third-order valence-corrected chi connectivity index (χ3v) is 7.15. The fourth-order valence-corrected chi connectivity index (χ4v) is 5.06. The number of amidine groups is 1. The molecule has 0 aliphatic carbocycles. The molecule has 2 saturated heterocycles. The van der Waals surface area contributed by atoms with Gasteiger partial charge in [0.2, 0.25) is 11.9 Å². The Labute approximate surface area is 202 Å². The molecule has 34 heavy (non-hydrogen) atoms. The first-order valence-electron chi connectivity index (χ1n) is 11.3. The number of aromatic nitrogens is 2. The number of morpholine rings is 1. The molecule has 0 spiro atoms.